The van der Waals surface area contributed by atoms with Crippen molar-refractivity contribution >= 4 is 23.5 Å². The molecule has 1 rings (SSSR count). The zero-order chi connectivity index (χ0) is 12.1. The van der Waals surface area contributed by atoms with Gasteiger partial charge in [0, 0.05) is 7.05 Å². The summed E-state index contributed by atoms with van der Waals surface area (Å²) in [5.74, 6) is 1.18. The van der Waals surface area contributed by atoms with Gasteiger partial charge >= 0.3 is 0 Å². The Balaban J connectivity index is 2.58. The lowest BCUT2D eigenvalue weighted by Crippen LogP contribution is -2.47. The van der Waals surface area contributed by atoms with E-state index in [9.17, 15) is 4.79 Å². The average Bonchev–Trinajstić information content (AvgIpc) is 2.36. The van der Waals surface area contributed by atoms with E-state index in [0.29, 0.717) is 0 Å². The molecule has 1 aliphatic heterocycles. The molecule has 0 spiro atoms. The van der Waals surface area contributed by atoms with Crippen molar-refractivity contribution in [3.05, 3.63) is 0 Å². The number of nitrogens with zero attached hydrogens (tertiary/aromatic N) is 2. The molecule has 3 N–H and O–H groups in total. The Morgan fingerprint density at radius 2 is 2.31 bits per heavy atom. The Hall–Kier alpha value is -0.910. The smallest absolute Gasteiger partial charge is 0.236 e. The van der Waals surface area contributed by atoms with Crippen molar-refractivity contribution in [1.82, 2.24) is 4.90 Å². The molecule has 0 bridgehead atoms. The highest BCUT2D eigenvalue weighted by atomic mass is 32.2. The Morgan fingerprint density at radius 1 is 1.62 bits per heavy atom. The summed E-state index contributed by atoms with van der Waals surface area (Å²) in [7, 11) is 1.69. The summed E-state index contributed by atoms with van der Waals surface area (Å²) in [5.41, 5.74) is 5.48. The molecule has 5 nitrogen and oxygen atoms in total. The molecule has 0 radical (unpaired) electrons. The van der Waals surface area contributed by atoms with Crippen LogP contribution in [0.3, 0.4) is 0 Å². The van der Waals surface area contributed by atoms with E-state index < -0.39 is 0 Å². The summed E-state index contributed by atoms with van der Waals surface area (Å²) in [6, 6.07) is -0.361. The second kappa shape index (κ2) is 5.98. The minimum atomic E-state index is -0.361. The van der Waals surface area contributed by atoms with Crippen molar-refractivity contribution in [2.75, 3.05) is 12.8 Å². The standard InChI is InChI=1S/C10H19N3O2S/c1-7(9(11)12-15)13(2)10(14)8-5-3-4-6-16-8/h7-8,15H,3-6H2,1-2H3,(H2,11,12). The SMILES string of the molecule is CC(C(N)=NO)N(C)C(=O)C1CCCCS1. The molecule has 1 heterocycles. The first-order valence-corrected chi connectivity index (χ1v) is 6.48. The first-order valence-electron chi connectivity index (χ1n) is 5.43. The molecule has 2 atom stereocenters. The Morgan fingerprint density at radius 3 is 2.81 bits per heavy atom. The molecule has 1 aliphatic rings. The molecule has 1 amide bonds. The first kappa shape index (κ1) is 13.2. The van der Waals surface area contributed by atoms with E-state index >= 15 is 0 Å². The Bertz CT molecular complexity index is 277. The van der Waals surface area contributed by atoms with Crippen molar-refractivity contribution in [2.45, 2.75) is 37.5 Å². The lowest BCUT2D eigenvalue weighted by atomic mass is 10.1. The van der Waals surface area contributed by atoms with Gasteiger partial charge in [-0.25, -0.2) is 0 Å². The third-order valence-corrected chi connectivity index (χ3v) is 4.29. The molecular formula is C10H19N3O2S. The summed E-state index contributed by atoms with van der Waals surface area (Å²) >= 11 is 1.70. The topological polar surface area (TPSA) is 78.9 Å². The van der Waals surface area contributed by atoms with Crippen molar-refractivity contribution in [3.63, 3.8) is 0 Å². The highest BCUT2D eigenvalue weighted by Crippen LogP contribution is 2.26. The van der Waals surface area contributed by atoms with Gasteiger partial charge in [0.15, 0.2) is 5.84 Å². The highest BCUT2D eigenvalue weighted by Gasteiger charge is 2.28. The van der Waals surface area contributed by atoms with Crippen LogP contribution in [0.2, 0.25) is 0 Å². The van der Waals surface area contributed by atoms with Gasteiger partial charge in [-0.15, -0.1) is 11.8 Å². The van der Waals surface area contributed by atoms with Crippen LogP contribution in [0.25, 0.3) is 0 Å². The molecule has 0 aromatic heterocycles. The highest BCUT2D eigenvalue weighted by molar-refractivity contribution is 8.00. The van der Waals surface area contributed by atoms with Crippen molar-refractivity contribution < 1.29 is 10.0 Å². The fraction of sp³-hybridized carbons (Fsp3) is 0.800. The molecular weight excluding hydrogens is 226 g/mol. The number of thioether (sulfide) groups is 1. The van der Waals surface area contributed by atoms with Crippen LogP contribution >= 0.6 is 11.8 Å². The Kier molecular flexibility index (Phi) is 4.92. The van der Waals surface area contributed by atoms with Gasteiger partial charge in [-0.05, 0) is 25.5 Å². The molecule has 1 saturated heterocycles. The van der Waals surface area contributed by atoms with E-state index in [1.165, 1.54) is 6.42 Å². The molecule has 2 unspecified atom stereocenters. The summed E-state index contributed by atoms with van der Waals surface area (Å²) in [6.07, 6.45) is 3.22. The first-order chi connectivity index (χ1) is 7.57. The number of oxime groups is 1. The van der Waals surface area contributed by atoms with Crippen LogP contribution in [-0.2, 0) is 4.79 Å². The largest absolute Gasteiger partial charge is 0.409 e. The fourth-order valence-corrected chi connectivity index (χ4v) is 2.93. The molecule has 6 heteroatoms. The number of hydrogen-bond donors (Lipinski definition) is 2. The minimum absolute atomic E-state index is 0.0349. The molecule has 0 aromatic carbocycles. The lowest BCUT2D eigenvalue weighted by molar-refractivity contribution is -0.130. The molecule has 16 heavy (non-hydrogen) atoms. The van der Waals surface area contributed by atoms with Crippen LogP contribution < -0.4 is 5.73 Å². The van der Waals surface area contributed by atoms with Crippen LogP contribution in [0.15, 0.2) is 5.16 Å². The average molecular weight is 245 g/mol. The van der Waals surface area contributed by atoms with Crippen LogP contribution in [0, 0.1) is 0 Å². The number of likely N-dealkylation sites (N-methyl/N-ethyl adjacent to an activating group) is 1. The zero-order valence-corrected chi connectivity index (χ0v) is 10.5. The van der Waals surface area contributed by atoms with Gasteiger partial charge in [0.1, 0.15) is 0 Å². The van der Waals surface area contributed by atoms with Crippen molar-refractivity contribution in [3.8, 4) is 0 Å². The quantitative estimate of drug-likeness (QED) is 0.334. The summed E-state index contributed by atoms with van der Waals surface area (Å²) in [4.78, 5) is 13.6. The second-order valence-corrected chi connectivity index (χ2v) is 5.32. The van der Waals surface area contributed by atoms with Crippen molar-refractivity contribution in [2.24, 2.45) is 10.9 Å². The number of amides is 1. The van der Waals surface area contributed by atoms with Crippen LogP contribution in [0.5, 0.6) is 0 Å². The van der Waals surface area contributed by atoms with Crippen LogP contribution in [0.4, 0.5) is 0 Å². The second-order valence-electron chi connectivity index (χ2n) is 4.01. The van der Waals surface area contributed by atoms with E-state index in [1.54, 1.807) is 30.6 Å². The van der Waals surface area contributed by atoms with E-state index in [0.717, 1.165) is 18.6 Å². The maximum absolute atomic E-state index is 12.1. The molecule has 92 valence electrons. The number of carbonyl (C=O) groups is 1. The maximum Gasteiger partial charge on any atom is 0.236 e. The fourth-order valence-electron chi connectivity index (χ4n) is 1.64. The van der Waals surface area contributed by atoms with Gasteiger partial charge in [-0.1, -0.05) is 11.6 Å². The van der Waals surface area contributed by atoms with E-state index in [4.69, 9.17) is 10.9 Å². The maximum atomic E-state index is 12.1. The van der Waals surface area contributed by atoms with E-state index in [2.05, 4.69) is 5.16 Å². The number of hydrogen-bond acceptors (Lipinski definition) is 4. The molecule has 1 fully saturated rings. The third-order valence-electron chi connectivity index (χ3n) is 2.93. The minimum Gasteiger partial charge on any atom is -0.409 e. The zero-order valence-electron chi connectivity index (χ0n) is 9.72. The third kappa shape index (κ3) is 3.04. The van der Waals surface area contributed by atoms with Crippen LogP contribution in [0.1, 0.15) is 26.2 Å². The molecule has 0 saturated carbocycles. The van der Waals surface area contributed by atoms with Gasteiger partial charge in [0.25, 0.3) is 0 Å². The Labute approximate surface area is 100 Å². The van der Waals surface area contributed by atoms with Gasteiger partial charge in [0.05, 0.1) is 11.3 Å². The number of rotatable bonds is 3. The number of amidine groups is 1. The normalized spacial score (nSPS) is 23.9. The lowest BCUT2D eigenvalue weighted by Gasteiger charge is -2.29. The predicted molar refractivity (Wildman–Crippen MR) is 65.7 cm³/mol. The number of nitrogens with two attached hydrogens (primary N) is 1. The predicted octanol–water partition coefficient (Wildman–Crippen LogP) is 0.865. The van der Waals surface area contributed by atoms with Gasteiger partial charge in [0.2, 0.25) is 5.91 Å². The summed E-state index contributed by atoms with van der Waals surface area (Å²) < 4.78 is 0. The molecule has 0 aromatic rings. The van der Waals surface area contributed by atoms with Gasteiger partial charge in [-0.3, -0.25) is 4.79 Å². The van der Waals surface area contributed by atoms with Gasteiger partial charge < -0.3 is 15.8 Å². The number of carbonyl (C=O) groups excluding carboxylic acids is 1. The van der Waals surface area contributed by atoms with E-state index in [1.807, 2.05) is 0 Å². The van der Waals surface area contributed by atoms with Crippen molar-refractivity contribution in [1.29, 1.82) is 0 Å². The van der Waals surface area contributed by atoms with E-state index in [-0.39, 0.29) is 23.0 Å². The molecule has 0 aliphatic carbocycles. The van der Waals surface area contributed by atoms with Crippen LogP contribution in [-0.4, -0.2) is 45.9 Å². The van der Waals surface area contributed by atoms with Gasteiger partial charge in [-0.2, -0.15) is 0 Å². The monoisotopic (exact) mass is 245 g/mol. The summed E-state index contributed by atoms with van der Waals surface area (Å²) in [6.45, 7) is 1.75. The summed E-state index contributed by atoms with van der Waals surface area (Å²) in [5, 5.41) is 11.5.